The van der Waals surface area contributed by atoms with Crippen molar-refractivity contribution in [1.82, 2.24) is 9.88 Å². The number of rotatable bonds is 3. The Hall–Kier alpha value is -2.71. The molecule has 0 bridgehead atoms. The number of aromatic nitrogens is 1. The van der Waals surface area contributed by atoms with E-state index in [-0.39, 0.29) is 29.3 Å². The summed E-state index contributed by atoms with van der Waals surface area (Å²) in [5.41, 5.74) is 0.831. The van der Waals surface area contributed by atoms with Gasteiger partial charge in [-0.2, -0.15) is 0 Å². The van der Waals surface area contributed by atoms with Crippen LogP contribution < -0.4 is 0 Å². The van der Waals surface area contributed by atoms with Gasteiger partial charge in [0.05, 0.1) is 23.1 Å². The molecule has 29 heavy (non-hydrogen) atoms. The molecule has 2 fully saturated rings. The number of pyridine rings is 1. The number of amides is 1. The first-order chi connectivity index (χ1) is 13.8. The average molecular weight is 433 g/mol. The highest BCUT2D eigenvalue weighted by atomic mass is 35.5. The molecule has 2 aliphatic heterocycles. The third-order valence-corrected chi connectivity index (χ3v) is 7.22. The summed E-state index contributed by atoms with van der Waals surface area (Å²) in [5, 5.41) is 11.4. The number of benzene rings is 1. The molecule has 9 heteroatoms. The van der Waals surface area contributed by atoms with Crippen molar-refractivity contribution in [2.75, 3.05) is 11.5 Å². The van der Waals surface area contributed by atoms with Crippen molar-refractivity contribution in [2.24, 2.45) is 0 Å². The van der Waals surface area contributed by atoms with E-state index in [0.29, 0.717) is 16.1 Å². The molecule has 0 spiro atoms. The number of aliphatic hydroxyl groups is 1. The van der Waals surface area contributed by atoms with Gasteiger partial charge in [0.1, 0.15) is 5.76 Å². The second-order valence-electron chi connectivity index (χ2n) is 7.05. The second-order valence-corrected chi connectivity index (χ2v) is 9.72. The Morgan fingerprint density at radius 3 is 2.34 bits per heavy atom. The van der Waals surface area contributed by atoms with Crippen LogP contribution in [0, 0.1) is 0 Å². The van der Waals surface area contributed by atoms with Crippen LogP contribution in [0.15, 0.2) is 54.4 Å². The Bertz CT molecular complexity index is 1110. The molecule has 1 amide bonds. The Labute approximate surface area is 172 Å². The topological polar surface area (TPSA) is 105 Å². The van der Waals surface area contributed by atoms with Crippen molar-refractivity contribution >= 4 is 38.9 Å². The van der Waals surface area contributed by atoms with Gasteiger partial charge in [0.25, 0.3) is 11.7 Å². The Balaban J connectivity index is 1.88. The minimum Gasteiger partial charge on any atom is -0.507 e. The van der Waals surface area contributed by atoms with Gasteiger partial charge in [0.15, 0.2) is 9.84 Å². The van der Waals surface area contributed by atoms with Crippen molar-refractivity contribution < 1.29 is 23.1 Å². The standard InChI is InChI=1S/C20H17ClN2O5S/c21-14-3-1-13(2-4-14)18(24)16-17(12-5-8-22-9-6-12)23(20(26)19(16)25)15-7-10-29(27,28)11-15/h1-6,8-9,15,17,24H,7,10-11H2/t15-,17-/m0/s1. The predicted molar refractivity (Wildman–Crippen MR) is 107 cm³/mol. The van der Waals surface area contributed by atoms with Crippen LogP contribution >= 0.6 is 11.6 Å². The lowest BCUT2D eigenvalue weighted by Gasteiger charge is -2.30. The lowest BCUT2D eigenvalue weighted by Crippen LogP contribution is -2.40. The third-order valence-electron chi connectivity index (χ3n) is 5.22. The second kappa shape index (κ2) is 7.27. The van der Waals surface area contributed by atoms with Crippen LogP contribution in [0.5, 0.6) is 0 Å². The van der Waals surface area contributed by atoms with E-state index in [2.05, 4.69) is 4.98 Å². The molecule has 150 valence electrons. The molecule has 1 aromatic heterocycles. The van der Waals surface area contributed by atoms with Gasteiger partial charge in [-0.1, -0.05) is 11.6 Å². The van der Waals surface area contributed by atoms with Gasteiger partial charge < -0.3 is 10.0 Å². The van der Waals surface area contributed by atoms with E-state index in [1.54, 1.807) is 36.4 Å². The van der Waals surface area contributed by atoms with E-state index >= 15 is 0 Å². The van der Waals surface area contributed by atoms with Crippen LogP contribution in [-0.2, 0) is 19.4 Å². The van der Waals surface area contributed by atoms with Crippen LogP contribution in [0.3, 0.4) is 0 Å². The minimum absolute atomic E-state index is 0.0408. The smallest absolute Gasteiger partial charge is 0.295 e. The van der Waals surface area contributed by atoms with E-state index in [9.17, 15) is 23.1 Å². The molecule has 2 atom stereocenters. The number of halogens is 1. The highest BCUT2D eigenvalue weighted by Crippen LogP contribution is 2.42. The van der Waals surface area contributed by atoms with Gasteiger partial charge in [-0.3, -0.25) is 14.6 Å². The van der Waals surface area contributed by atoms with E-state index in [4.69, 9.17) is 11.6 Å². The van der Waals surface area contributed by atoms with Gasteiger partial charge >= 0.3 is 0 Å². The number of carbonyl (C=O) groups is 2. The molecule has 2 aromatic rings. The lowest BCUT2D eigenvalue weighted by molar-refractivity contribution is -0.141. The van der Waals surface area contributed by atoms with Gasteiger partial charge in [-0.15, -0.1) is 0 Å². The summed E-state index contributed by atoms with van der Waals surface area (Å²) in [7, 11) is -3.28. The third kappa shape index (κ3) is 3.54. The summed E-state index contributed by atoms with van der Waals surface area (Å²) >= 11 is 5.90. The predicted octanol–water partition coefficient (Wildman–Crippen LogP) is 2.34. The maximum Gasteiger partial charge on any atom is 0.295 e. The van der Waals surface area contributed by atoms with E-state index in [1.165, 1.54) is 17.3 Å². The number of sulfone groups is 1. The van der Waals surface area contributed by atoms with Crippen LogP contribution in [0.1, 0.15) is 23.6 Å². The zero-order valence-corrected chi connectivity index (χ0v) is 16.7. The molecule has 0 radical (unpaired) electrons. The fourth-order valence-electron chi connectivity index (χ4n) is 3.86. The van der Waals surface area contributed by atoms with Crippen molar-refractivity contribution in [3.63, 3.8) is 0 Å². The number of Topliss-reactive ketones (excluding diaryl/α,β-unsaturated/α-hetero) is 1. The number of aliphatic hydroxyl groups excluding tert-OH is 1. The van der Waals surface area contributed by atoms with E-state index in [1.807, 2.05) is 0 Å². The monoisotopic (exact) mass is 432 g/mol. The molecule has 7 nitrogen and oxygen atoms in total. The van der Waals surface area contributed by atoms with E-state index < -0.39 is 33.6 Å². The fourth-order valence-corrected chi connectivity index (χ4v) is 5.70. The molecule has 0 aliphatic carbocycles. The Morgan fingerprint density at radius 2 is 1.76 bits per heavy atom. The molecule has 3 heterocycles. The number of hydrogen-bond donors (Lipinski definition) is 1. The number of carbonyl (C=O) groups excluding carboxylic acids is 2. The Kier molecular flexibility index (Phi) is 4.92. The molecular weight excluding hydrogens is 416 g/mol. The molecule has 0 saturated carbocycles. The summed E-state index contributed by atoms with van der Waals surface area (Å²) in [6, 6.07) is 7.99. The Morgan fingerprint density at radius 1 is 1.10 bits per heavy atom. The highest BCUT2D eigenvalue weighted by molar-refractivity contribution is 7.91. The van der Waals surface area contributed by atoms with Crippen molar-refractivity contribution in [2.45, 2.75) is 18.5 Å². The van der Waals surface area contributed by atoms with Crippen molar-refractivity contribution in [1.29, 1.82) is 0 Å². The summed E-state index contributed by atoms with van der Waals surface area (Å²) < 4.78 is 24.0. The number of ketones is 1. The number of nitrogens with zero attached hydrogens (tertiary/aromatic N) is 2. The fraction of sp³-hybridized carbons (Fsp3) is 0.250. The molecule has 2 saturated heterocycles. The lowest BCUT2D eigenvalue weighted by atomic mass is 9.95. The van der Waals surface area contributed by atoms with Crippen LogP contribution in [-0.4, -0.2) is 52.6 Å². The molecule has 2 aliphatic rings. The van der Waals surface area contributed by atoms with Crippen LogP contribution in [0.2, 0.25) is 5.02 Å². The molecule has 1 N–H and O–H groups in total. The zero-order chi connectivity index (χ0) is 20.8. The largest absolute Gasteiger partial charge is 0.507 e. The van der Waals surface area contributed by atoms with Crippen molar-refractivity contribution in [3.8, 4) is 0 Å². The molecule has 0 unspecified atom stereocenters. The number of likely N-dealkylation sites (tertiary alicyclic amines) is 1. The molecule has 4 rings (SSSR count). The van der Waals surface area contributed by atoms with Gasteiger partial charge in [-0.05, 0) is 48.4 Å². The van der Waals surface area contributed by atoms with E-state index in [0.717, 1.165) is 0 Å². The van der Waals surface area contributed by atoms with Crippen LogP contribution in [0.25, 0.3) is 5.76 Å². The first kappa shape index (κ1) is 19.6. The summed E-state index contributed by atoms with van der Waals surface area (Å²) in [6.07, 6.45) is 3.28. The summed E-state index contributed by atoms with van der Waals surface area (Å²) in [4.78, 5) is 31.0. The normalized spacial score (nSPS) is 25.5. The van der Waals surface area contributed by atoms with Crippen molar-refractivity contribution in [3.05, 3.63) is 70.5 Å². The summed E-state index contributed by atoms with van der Waals surface area (Å²) in [5.74, 6) is -2.23. The quantitative estimate of drug-likeness (QED) is 0.453. The van der Waals surface area contributed by atoms with Gasteiger partial charge in [-0.25, -0.2) is 8.42 Å². The number of hydrogen-bond acceptors (Lipinski definition) is 6. The first-order valence-corrected chi connectivity index (χ1v) is 11.1. The molecule has 1 aromatic carbocycles. The maximum absolute atomic E-state index is 12.9. The molecular formula is C20H17ClN2O5S. The SMILES string of the molecule is O=C1C(=O)N([C@H]2CCS(=O)(=O)C2)[C@@H](c2ccncc2)C1=C(O)c1ccc(Cl)cc1. The van der Waals surface area contributed by atoms with Gasteiger partial charge in [0, 0.05) is 29.0 Å². The minimum atomic E-state index is -3.28. The first-order valence-electron chi connectivity index (χ1n) is 8.95. The maximum atomic E-state index is 12.9. The van der Waals surface area contributed by atoms with Gasteiger partial charge in [0.2, 0.25) is 0 Å². The zero-order valence-electron chi connectivity index (χ0n) is 15.2. The van der Waals surface area contributed by atoms with Crippen LogP contribution in [0.4, 0.5) is 0 Å². The highest BCUT2D eigenvalue weighted by Gasteiger charge is 2.50. The summed E-state index contributed by atoms with van der Waals surface area (Å²) in [6.45, 7) is 0. The average Bonchev–Trinajstić information content (AvgIpc) is 3.19.